The lowest BCUT2D eigenvalue weighted by Gasteiger charge is -2.32. The number of nitrogens with zero attached hydrogens (tertiary/aromatic N) is 1. The highest BCUT2D eigenvalue weighted by molar-refractivity contribution is 4.80. The minimum atomic E-state index is 0.281. The zero-order valence-corrected chi connectivity index (χ0v) is 10.2. The Morgan fingerprint density at radius 1 is 1.40 bits per heavy atom. The second-order valence-corrected chi connectivity index (χ2v) is 4.48. The van der Waals surface area contributed by atoms with E-state index in [9.17, 15) is 0 Å². The lowest BCUT2D eigenvalue weighted by molar-refractivity contribution is 0.133. The van der Waals surface area contributed by atoms with Crippen molar-refractivity contribution in [1.29, 1.82) is 0 Å². The Labute approximate surface area is 93.9 Å². The summed E-state index contributed by atoms with van der Waals surface area (Å²) in [6.45, 7) is 7.85. The molecule has 0 saturated carbocycles. The van der Waals surface area contributed by atoms with Gasteiger partial charge in [-0.3, -0.25) is 4.90 Å². The lowest BCUT2D eigenvalue weighted by atomic mass is 10.1. The molecule has 0 aliphatic carbocycles. The molecule has 0 aromatic rings. The van der Waals surface area contributed by atoms with Crippen LogP contribution in [-0.2, 0) is 0 Å². The minimum absolute atomic E-state index is 0.281. The van der Waals surface area contributed by atoms with E-state index in [1.54, 1.807) is 0 Å². The average Bonchev–Trinajstić information content (AvgIpc) is 2.72. The molecule has 3 heteroatoms. The van der Waals surface area contributed by atoms with Crippen molar-refractivity contribution in [2.75, 3.05) is 26.2 Å². The number of nitrogens with one attached hydrogen (secondary N) is 1. The molecule has 1 rings (SSSR count). The summed E-state index contributed by atoms with van der Waals surface area (Å²) in [4.78, 5) is 2.45. The Kier molecular flexibility index (Phi) is 6.22. The molecule has 90 valence electrons. The minimum Gasteiger partial charge on any atom is -0.395 e. The maximum Gasteiger partial charge on any atom is 0.0558 e. The number of rotatable bonds is 7. The third-order valence-corrected chi connectivity index (χ3v) is 3.46. The first-order chi connectivity index (χ1) is 7.31. The molecular weight excluding hydrogens is 188 g/mol. The Morgan fingerprint density at radius 3 is 2.60 bits per heavy atom. The maximum absolute atomic E-state index is 9.09. The fourth-order valence-electron chi connectivity index (χ4n) is 2.55. The number of hydrogen-bond donors (Lipinski definition) is 2. The number of aliphatic hydroxyl groups excluding tert-OH is 1. The first kappa shape index (κ1) is 12.9. The SMILES string of the molecule is CCC(CC)N(CCO)CC1CCCN1. The van der Waals surface area contributed by atoms with E-state index in [4.69, 9.17) is 5.11 Å². The first-order valence-electron chi connectivity index (χ1n) is 6.40. The Hall–Kier alpha value is -0.120. The molecule has 2 N–H and O–H groups in total. The van der Waals surface area contributed by atoms with Crippen molar-refractivity contribution in [3.8, 4) is 0 Å². The van der Waals surface area contributed by atoms with E-state index < -0.39 is 0 Å². The second kappa shape index (κ2) is 7.20. The smallest absolute Gasteiger partial charge is 0.0558 e. The summed E-state index contributed by atoms with van der Waals surface area (Å²) in [6.07, 6.45) is 4.97. The van der Waals surface area contributed by atoms with Crippen molar-refractivity contribution in [1.82, 2.24) is 10.2 Å². The predicted octanol–water partition coefficient (Wildman–Crippen LogP) is 1.22. The summed E-state index contributed by atoms with van der Waals surface area (Å²) in [5, 5.41) is 12.6. The van der Waals surface area contributed by atoms with Gasteiger partial charge in [-0.1, -0.05) is 13.8 Å². The highest BCUT2D eigenvalue weighted by Crippen LogP contribution is 2.12. The largest absolute Gasteiger partial charge is 0.395 e. The zero-order valence-electron chi connectivity index (χ0n) is 10.2. The van der Waals surface area contributed by atoms with Crippen LogP contribution in [0, 0.1) is 0 Å². The Morgan fingerprint density at radius 2 is 2.13 bits per heavy atom. The molecule has 1 aliphatic heterocycles. The Balaban J connectivity index is 2.40. The van der Waals surface area contributed by atoms with E-state index in [1.165, 1.54) is 32.2 Å². The first-order valence-corrected chi connectivity index (χ1v) is 6.40. The van der Waals surface area contributed by atoms with Gasteiger partial charge in [0, 0.05) is 25.2 Å². The quantitative estimate of drug-likeness (QED) is 0.669. The predicted molar refractivity (Wildman–Crippen MR) is 64.1 cm³/mol. The summed E-state index contributed by atoms with van der Waals surface area (Å²) in [5.41, 5.74) is 0. The maximum atomic E-state index is 9.09. The molecule has 0 bridgehead atoms. The van der Waals surface area contributed by atoms with Gasteiger partial charge in [-0.25, -0.2) is 0 Å². The summed E-state index contributed by atoms with van der Waals surface area (Å²) in [7, 11) is 0. The molecule has 3 nitrogen and oxygen atoms in total. The lowest BCUT2D eigenvalue weighted by Crippen LogP contribution is -2.44. The fraction of sp³-hybridized carbons (Fsp3) is 1.00. The van der Waals surface area contributed by atoms with Crippen LogP contribution < -0.4 is 5.32 Å². The third kappa shape index (κ3) is 4.09. The Bertz CT molecular complexity index is 154. The number of aliphatic hydroxyl groups is 1. The average molecular weight is 214 g/mol. The zero-order chi connectivity index (χ0) is 11.1. The molecule has 1 saturated heterocycles. The molecule has 1 atom stereocenters. The van der Waals surface area contributed by atoms with Gasteiger partial charge in [-0.05, 0) is 32.2 Å². The molecule has 1 unspecified atom stereocenters. The van der Waals surface area contributed by atoms with Crippen LogP contribution in [0.25, 0.3) is 0 Å². The molecule has 0 radical (unpaired) electrons. The molecular formula is C12H26N2O. The normalized spacial score (nSPS) is 21.8. The van der Waals surface area contributed by atoms with Crippen molar-refractivity contribution < 1.29 is 5.11 Å². The van der Waals surface area contributed by atoms with Crippen LogP contribution in [0.5, 0.6) is 0 Å². The van der Waals surface area contributed by atoms with Crippen LogP contribution in [0.2, 0.25) is 0 Å². The molecule has 15 heavy (non-hydrogen) atoms. The van der Waals surface area contributed by atoms with Gasteiger partial charge < -0.3 is 10.4 Å². The fourth-order valence-corrected chi connectivity index (χ4v) is 2.55. The van der Waals surface area contributed by atoms with Crippen LogP contribution in [0.1, 0.15) is 39.5 Å². The van der Waals surface area contributed by atoms with Crippen LogP contribution in [0.15, 0.2) is 0 Å². The molecule has 0 spiro atoms. The number of hydrogen-bond acceptors (Lipinski definition) is 3. The van der Waals surface area contributed by atoms with E-state index >= 15 is 0 Å². The third-order valence-electron chi connectivity index (χ3n) is 3.46. The summed E-state index contributed by atoms with van der Waals surface area (Å²) >= 11 is 0. The van der Waals surface area contributed by atoms with E-state index in [-0.39, 0.29) is 6.61 Å². The molecule has 1 heterocycles. The van der Waals surface area contributed by atoms with Crippen molar-refractivity contribution >= 4 is 0 Å². The van der Waals surface area contributed by atoms with Gasteiger partial charge in [0.1, 0.15) is 0 Å². The van der Waals surface area contributed by atoms with Crippen molar-refractivity contribution in [3.63, 3.8) is 0 Å². The monoisotopic (exact) mass is 214 g/mol. The van der Waals surface area contributed by atoms with E-state index in [0.29, 0.717) is 12.1 Å². The van der Waals surface area contributed by atoms with Crippen LogP contribution in [0.4, 0.5) is 0 Å². The van der Waals surface area contributed by atoms with Gasteiger partial charge in [0.2, 0.25) is 0 Å². The van der Waals surface area contributed by atoms with Crippen LogP contribution in [-0.4, -0.2) is 48.3 Å². The molecule has 1 fully saturated rings. The van der Waals surface area contributed by atoms with E-state index in [0.717, 1.165) is 13.1 Å². The van der Waals surface area contributed by atoms with Crippen LogP contribution >= 0.6 is 0 Å². The molecule has 1 aliphatic rings. The van der Waals surface area contributed by atoms with Crippen molar-refractivity contribution in [2.45, 2.75) is 51.6 Å². The van der Waals surface area contributed by atoms with Gasteiger partial charge in [-0.15, -0.1) is 0 Å². The van der Waals surface area contributed by atoms with Gasteiger partial charge in [0.05, 0.1) is 6.61 Å². The van der Waals surface area contributed by atoms with Gasteiger partial charge >= 0.3 is 0 Å². The standard InChI is InChI=1S/C12H26N2O/c1-3-12(4-2)14(8-9-15)10-11-6-5-7-13-11/h11-13,15H,3-10H2,1-2H3. The van der Waals surface area contributed by atoms with Crippen molar-refractivity contribution in [2.24, 2.45) is 0 Å². The van der Waals surface area contributed by atoms with Gasteiger partial charge in [0.25, 0.3) is 0 Å². The highest BCUT2D eigenvalue weighted by Gasteiger charge is 2.21. The van der Waals surface area contributed by atoms with E-state index in [1.807, 2.05) is 0 Å². The van der Waals surface area contributed by atoms with Gasteiger partial charge in [-0.2, -0.15) is 0 Å². The molecule has 0 amide bonds. The van der Waals surface area contributed by atoms with Crippen molar-refractivity contribution in [3.05, 3.63) is 0 Å². The van der Waals surface area contributed by atoms with Gasteiger partial charge in [0.15, 0.2) is 0 Å². The molecule has 0 aromatic heterocycles. The highest BCUT2D eigenvalue weighted by atomic mass is 16.3. The van der Waals surface area contributed by atoms with Crippen LogP contribution in [0.3, 0.4) is 0 Å². The topological polar surface area (TPSA) is 35.5 Å². The summed E-state index contributed by atoms with van der Waals surface area (Å²) in [5.74, 6) is 0. The summed E-state index contributed by atoms with van der Waals surface area (Å²) in [6, 6.07) is 1.29. The second-order valence-electron chi connectivity index (χ2n) is 4.48. The molecule has 0 aromatic carbocycles. The summed E-state index contributed by atoms with van der Waals surface area (Å²) < 4.78 is 0. The van der Waals surface area contributed by atoms with E-state index in [2.05, 4.69) is 24.1 Å².